The van der Waals surface area contributed by atoms with Gasteiger partial charge in [0.15, 0.2) is 6.29 Å². The van der Waals surface area contributed by atoms with Crippen LogP contribution in [0.25, 0.3) is 0 Å². The largest absolute Gasteiger partial charge is 0.726 e. The zero-order valence-corrected chi connectivity index (χ0v) is 8.09. The summed E-state index contributed by atoms with van der Waals surface area (Å²) in [6.45, 7) is 0. The Kier molecular flexibility index (Phi) is 7.48. The Hall–Kier alpha value is -0.250. The quantitative estimate of drug-likeness (QED) is 0.241. The molecule has 0 heterocycles. The molecule has 0 aromatic rings. The third-order valence-corrected chi connectivity index (χ3v) is 1.28. The fourth-order valence-electron chi connectivity index (χ4n) is 0. The van der Waals surface area contributed by atoms with E-state index in [2.05, 4.69) is 4.18 Å². The van der Waals surface area contributed by atoms with Gasteiger partial charge in [-0.05, 0) is 0 Å². The highest BCUT2D eigenvalue weighted by molar-refractivity contribution is 7.80. The molecule has 0 fully saturated rings. The van der Waals surface area contributed by atoms with E-state index in [1.807, 2.05) is 14.1 Å². The topological polar surface area (TPSA) is 123 Å². The number of nitrogens with one attached hydrogen (secondary N) is 1. The Morgan fingerprint density at radius 2 is 1.58 bits per heavy atom. The highest BCUT2D eigenvalue weighted by atomic mass is 32.3. The number of quaternary nitrogens is 1. The van der Waals surface area contributed by atoms with E-state index in [0.717, 1.165) is 12.0 Å². The number of nitrogens with two attached hydrogens (primary N) is 2. The second kappa shape index (κ2) is 6.29. The van der Waals surface area contributed by atoms with Gasteiger partial charge in [0.25, 0.3) is 0 Å². The van der Waals surface area contributed by atoms with Crippen molar-refractivity contribution in [3.05, 3.63) is 0 Å². The Morgan fingerprint density at radius 1 is 1.42 bits per heavy atom. The molecule has 0 aromatic carbocycles. The van der Waals surface area contributed by atoms with Crippen LogP contribution >= 0.6 is 0 Å². The van der Waals surface area contributed by atoms with Crippen LogP contribution in [0, 0.1) is 0 Å². The summed E-state index contributed by atoms with van der Waals surface area (Å²) in [7, 11) is 0.211. The maximum Gasteiger partial charge on any atom is 0.217 e. The van der Waals surface area contributed by atoms with E-state index in [4.69, 9.17) is 11.5 Å². The lowest BCUT2D eigenvalue weighted by atomic mass is 10.8. The van der Waals surface area contributed by atoms with Crippen molar-refractivity contribution in [2.45, 2.75) is 6.29 Å². The third kappa shape index (κ3) is 16.4. The molecule has 0 spiro atoms. The Labute approximate surface area is 72.2 Å². The minimum atomic E-state index is -4.41. The molecule has 8 heteroatoms. The minimum Gasteiger partial charge on any atom is -0.726 e. The molecule has 0 bridgehead atoms. The molecule has 0 aliphatic heterocycles. The summed E-state index contributed by atoms with van der Waals surface area (Å²) in [4.78, 5) is 1.06. The van der Waals surface area contributed by atoms with Crippen molar-refractivity contribution in [2.24, 2.45) is 11.5 Å². The van der Waals surface area contributed by atoms with Crippen LogP contribution in [0.4, 0.5) is 0 Å². The van der Waals surface area contributed by atoms with E-state index >= 15 is 0 Å². The van der Waals surface area contributed by atoms with E-state index in [1.54, 1.807) is 0 Å². The van der Waals surface area contributed by atoms with Crippen LogP contribution in [-0.2, 0) is 14.6 Å². The van der Waals surface area contributed by atoms with Crippen LogP contribution in [0.5, 0.6) is 0 Å². The smallest absolute Gasteiger partial charge is 0.217 e. The first-order valence-electron chi connectivity index (χ1n) is 3.03. The molecular formula is C4H15N3O4S. The summed E-state index contributed by atoms with van der Waals surface area (Å²) in [6, 6.07) is 0. The van der Waals surface area contributed by atoms with Gasteiger partial charge in [-0.3, -0.25) is 15.7 Å². The molecule has 0 amide bonds. The molecule has 0 unspecified atom stereocenters. The molecule has 0 aliphatic carbocycles. The summed E-state index contributed by atoms with van der Waals surface area (Å²) < 4.78 is 31.0. The van der Waals surface area contributed by atoms with Crippen molar-refractivity contribution in [1.29, 1.82) is 0 Å². The molecule has 76 valence electrons. The summed E-state index contributed by atoms with van der Waals surface area (Å²) >= 11 is 0. The molecule has 12 heavy (non-hydrogen) atoms. The van der Waals surface area contributed by atoms with Crippen LogP contribution < -0.4 is 16.4 Å². The first kappa shape index (κ1) is 14.3. The highest BCUT2D eigenvalue weighted by Crippen LogP contribution is 1.74. The molecular weight excluding hydrogens is 186 g/mol. The molecule has 0 aliphatic rings. The minimum absolute atomic E-state index is 0.231. The molecule has 5 N–H and O–H groups in total. The fourth-order valence-corrected chi connectivity index (χ4v) is 0. The van der Waals surface area contributed by atoms with Crippen molar-refractivity contribution in [2.75, 3.05) is 21.2 Å². The molecule has 7 nitrogen and oxygen atoms in total. The Balaban J connectivity index is 0. The van der Waals surface area contributed by atoms with Gasteiger partial charge in [0.05, 0.1) is 21.2 Å². The van der Waals surface area contributed by atoms with Crippen LogP contribution in [0.2, 0.25) is 0 Å². The number of hydrogen-bond acceptors (Lipinski definition) is 6. The van der Waals surface area contributed by atoms with Crippen molar-refractivity contribution in [1.82, 2.24) is 0 Å². The fraction of sp³-hybridized carbons (Fsp3) is 1.00. The van der Waals surface area contributed by atoms with Gasteiger partial charge in [-0.15, -0.1) is 0 Å². The third-order valence-electron chi connectivity index (χ3n) is 0.871. The normalized spacial score (nSPS) is 11.3. The molecule has 0 aromatic heterocycles. The number of rotatable bonds is 2. The maximum absolute atomic E-state index is 9.22. The van der Waals surface area contributed by atoms with Crippen LogP contribution in [0.3, 0.4) is 0 Å². The van der Waals surface area contributed by atoms with Gasteiger partial charge in [0.1, 0.15) is 0 Å². The van der Waals surface area contributed by atoms with E-state index in [9.17, 15) is 13.0 Å². The monoisotopic (exact) mass is 201 g/mol. The second-order valence-electron chi connectivity index (χ2n) is 2.18. The SMILES string of the molecule is COS(=O)(=O)[O-].C[NH+](C)C(N)N. The van der Waals surface area contributed by atoms with Gasteiger partial charge in [-0.25, -0.2) is 8.42 Å². The Bertz CT molecular complexity index is 182. The standard InChI is InChI=1S/C3H11N3.CH4O4S/c1-6(2)3(4)5;1-5-6(2,3)4/h3H,4-5H2,1-2H3;1H3,(H,2,3,4). The lowest BCUT2D eigenvalue weighted by Gasteiger charge is -2.09. The maximum atomic E-state index is 9.22. The van der Waals surface area contributed by atoms with Gasteiger partial charge in [-0.1, -0.05) is 0 Å². The lowest BCUT2D eigenvalue weighted by Crippen LogP contribution is -3.13. The van der Waals surface area contributed by atoms with E-state index < -0.39 is 10.4 Å². The molecule has 0 rings (SSSR count). The molecule has 0 saturated carbocycles. The van der Waals surface area contributed by atoms with E-state index in [0.29, 0.717) is 0 Å². The first-order valence-corrected chi connectivity index (χ1v) is 4.36. The predicted octanol–water partition coefficient (Wildman–Crippen LogP) is -3.58. The van der Waals surface area contributed by atoms with Crippen molar-refractivity contribution in [3.63, 3.8) is 0 Å². The van der Waals surface area contributed by atoms with Gasteiger partial charge in [0.2, 0.25) is 10.4 Å². The van der Waals surface area contributed by atoms with E-state index in [1.165, 1.54) is 0 Å². The number of hydrogen-bond donors (Lipinski definition) is 3. The first-order chi connectivity index (χ1) is 5.20. The predicted molar refractivity (Wildman–Crippen MR) is 41.7 cm³/mol. The zero-order valence-electron chi connectivity index (χ0n) is 7.27. The average molecular weight is 201 g/mol. The summed E-state index contributed by atoms with van der Waals surface area (Å²) in [6.07, 6.45) is -0.231. The average Bonchev–Trinajstić information content (AvgIpc) is 1.87. The summed E-state index contributed by atoms with van der Waals surface area (Å²) in [5.41, 5.74) is 10.4. The van der Waals surface area contributed by atoms with Crippen LogP contribution in [0.15, 0.2) is 0 Å². The molecule has 0 radical (unpaired) electrons. The van der Waals surface area contributed by atoms with Gasteiger partial charge in [-0.2, -0.15) is 0 Å². The molecule has 0 saturated heterocycles. The van der Waals surface area contributed by atoms with Crippen molar-refractivity contribution >= 4 is 10.4 Å². The van der Waals surface area contributed by atoms with E-state index in [-0.39, 0.29) is 6.29 Å². The van der Waals surface area contributed by atoms with Crippen molar-refractivity contribution < 1.29 is 22.1 Å². The zero-order chi connectivity index (χ0) is 10.4. The Morgan fingerprint density at radius 3 is 1.58 bits per heavy atom. The lowest BCUT2D eigenvalue weighted by molar-refractivity contribution is -0.885. The molecule has 0 atom stereocenters. The van der Waals surface area contributed by atoms with Gasteiger partial charge in [0, 0.05) is 0 Å². The van der Waals surface area contributed by atoms with Crippen molar-refractivity contribution in [3.8, 4) is 0 Å². The second-order valence-corrected chi connectivity index (χ2v) is 3.33. The van der Waals surface area contributed by atoms with Crippen LogP contribution in [0.1, 0.15) is 0 Å². The van der Waals surface area contributed by atoms with Gasteiger partial charge < -0.3 is 9.45 Å². The van der Waals surface area contributed by atoms with Gasteiger partial charge >= 0.3 is 0 Å². The summed E-state index contributed by atoms with van der Waals surface area (Å²) in [5, 5.41) is 0. The highest BCUT2D eigenvalue weighted by Gasteiger charge is 1.94. The van der Waals surface area contributed by atoms with Crippen LogP contribution in [-0.4, -0.2) is 40.5 Å². The summed E-state index contributed by atoms with van der Waals surface area (Å²) in [5.74, 6) is 0.